The summed E-state index contributed by atoms with van der Waals surface area (Å²) in [6.07, 6.45) is 2.99. The van der Waals surface area contributed by atoms with Crippen molar-refractivity contribution >= 4 is 11.9 Å². The van der Waals surface area contributed by atoms with Crippen molar-refractivity contribution in [3.8, 4) is 0 Å². The molecule has 0 aliphatic carbocycles. The van der Waals surface area contributed by atoms with Crippen molar-refractivity contribution in [2.24, 2.45) is 5.92 Å². The van der Waals surface area contributed by atoms with Crippen LogP contribution in [-0.2, 0) is 9.59 Å². The minimum Gasteiger partial charge on any atom is -0.480 e. The number of piperidine rings is 1. The van der Waals surface area contributed by atoms with Gasteiger partial charge in [-0.1, -0.05) is 6.92 Å². The number of hydrogen-bond donors (Lipinski definition) is 3. The predicted molar refractivity (Wildman–Crippen MR) is 60.1 cm³/mol. The molecule has 3 N–H and O–H groups in total. The minimum atomic E-state index is -0.961. The molecule has 0 saturated carbocycles. The molecular weight excluding hydrogens is 208 g/mol. The van der Waals surface area contributed by atoms with Gasteiger partial charge in [-0.3, -0.25) is 4.79 Å². The van der Waals surface area contributed by atoms with Crippen LogP contribution in [-0.4, -0.2) is 36.1 Å². The topological polar surface area (TPSA) is 78.4 Å². The maximum atomic E-state index is 11.6. The Bertz CT molecular complexity index is 250. The summed E-state index contributed by atoms with van der Waals surface area (Å²) in [5.41, 5.74) is 0. The summed E-state index contributed by atoms with van der Waals surface area (Å²) in [5.74, 6) is -0.763. The molecule has 0 aromatic heterocycles. The average molecular weight is 228 g/mol. The Labute approximate surface area is 95.6 Å². The van der Waals surface area contributed by atoms with Crippen LogP contribution < -0.4 is 10.6 Å². The molecule has 0 aromatic carbocycles. The van der Waals surface area contributed by atoms with E-state index in [4.69, 9.17) is 5.11 Å². The van der Waals surface area contributed by atoms with Crippen LogP contribution in [0.3, 0.4) is 0 Å². The number of nitrogens with one attached hydrogen (secondary N) is 2. The third-order valence-electron chi connectivity index (χ3n) is 2.91. The zero-order valence-corrected chi connectivity index (χ0v) is 9.66. The lowest BCUT2D eigenvalue weighted by molar-refractivity contribution is -0.142. The molecule has 0 aromatic rings. The van der Waals surface area contributed by atoms with E-state index in [1.165, 1.54) is 0 Å². The molecule has 1 amide bonds. The molecule has 1 heterocycles. The van der Waals surface area contributed by atoms with Gasteiger partial charge in [-0.25, -0.2) is 4.79 Å². The summed E-state index contributed by atoms with van der Waals surface area (Å²) in [7, 11) is 0. The van der Waals surface area contributed by atoms with Crippen LogP contribution in [0, 0.1) is 5.92 Å². The van der Waals surface area contributed by atoms with Gasteiger partial charge in [0, 0.05) is 6.42 Å². The zero-order valence-electron chi connectivity index (χ0n) is 9.66. The van der Waals surface area contributed by atoms with Gasteiger partial charge in [0.1, 0.15) is 6.04 Å². The first kappa shape index (κ1) is 13.0. The van der Waals surface area contributed by atoms with Gasteiger partial charge in [0.15, 0.2) is 0 Å². The fourth-order valence-electron chi connectivity index (χ4n) is 1.95. The van der Waals surface area contributed by atoms with E-state index in [1.54, 1.807) is 6.92 Å². The first-order valence-electron chi connectivity index (χ1n) is 5.86. The summed E-state index contributed by atoms with van der Waals surface area (Å²) in [6.45, 7) is 3.63. The Morgan fingerprint density at radius 2 is 2.31 bits per heavy atom. The molecule has 2 unspecified atom stereocenters. The van der Waals surface area contributed by atoms with E-state index in [2.05, 4.69) is 10.6 Å². The van der Waals surface area contributed by atoms with Crippen molar-refractivity contribution < 1.29 is 14.7 Å². The standard InChI is InChI=1S/C11H20N2O3/c1-2-9(11(15)16)13-10(14)6-8-4-3-5-12-7-8/h8-9,12H,2-7H2,1H3,(H,13,14)(H,15,16). The summed E-state index contributed by atoms with van der Waals surface area (Å²) >= 11 is 0. The molecule has 1 fully saturated rings. The third kappa shape index (κ3) is 4.18. The predicted octanol–water partition coefficient (Wildman–Crippen LogP) is 0.355. The van der Waals surface area contributed by atoms with E-state index in [0.717, 1.165) is 25.9 Å². The maximum Gasteiger partial charge on any atom is 0.326 e. The van der Waals surface area contributed by atoms with E-state index >= 15 is 0 Å². The highest BCUT2D eigenvalue weighted by molar-refractivity contribution is 5.83. The summed E-state index contributed by atoms with van der Waals surface area (Å²) < 4.78 is 0. The van der Waals surface area contributed by atoms with Gasteiger partial charge in [-0.05, 0) is 38.3 Å². The number of carboxylic acids is 1. The lowest BCUT2D eigenvalue weighted by atomic mass is 9.96. The lowest BCUT2D eigenvalue weighted by Gasteiger charge is -2.22. The average Bonchev–Trinajstić information content (AvgIpc) is 2.27. The smallest absolute Gasteiger partial charge is 0.326 e. The normalized spacial score (nSPS) is 22.4. The number of amides is 1. The van der Waals surface area contributed by atoms with Crippen molar-refractivity contribution in [2.75, 3.05) is 13.1 Å². The van der Waals surface area contributed by atoms with Crippen LogP contribution >= 0.6 is 0 Å². The molecule has 92 valence electrons. The maximum absolute atomic E-state index is 11.6. The summed E-state index contributed by atoms with van der Waals surface area (Å²) in [4.78, 5) is 22.3. The molecule has 5 heteroatoms. The highest BCUT2D eigenvalue weighted by Crippen LogP contribution is 2.13. The largest absolute Gasteiger partial charge is 0.480 e. The number of aliphatic carboxylic acids is 1. The number of hydrogen-bond acceptors (Lipinski definition) is 3. The van der Waals surface area contributed by atoms with Crippen molar-refractivity contribution in [3.05, 3.63) is 0 Å². The second-order valence-electron chi connectivity index (χ2n) is 4.28. The van der Waals surface area contributed by atoms with Gasteiger partial charge < -0.3 is 15.7 Å². The van der Waals surface area contributed by atoms with Crippen LogP contribution in [0.5, 0.6) is 0 Å². The molecule has 2 atom stereocenters. The quantitative estimate of drug-likeness (QED) is 0.634. The molecule has 1 rings (SSSR count). The van der Waals surface area contributed by atoms with Crippen LogP contribution in [0.1, 0.15) is 32.6 Å². The fourth-order valence-corrected chi connectivity index (χ4v) is 1.95. The van der Waals surface area contributed by atoms with E-state index in [1.807, 2.05) is 0 Å². The third-order valence-corrected chi connectivity index (χ3v) is 2.91. The van der Waals surface area contributed by atoms with E-state index in [-0.39, 0.29) is 5.91 Å². The van der Waals surface area contributed by atoms with Gasteiger partial charge in [-0.15, -0.1) is 0 Å². The fraction of sp³-hybridized carbons (Fsp3) is 0.818. The molecule has 16 heavy (non-hydrogen) atoms. The number of rotatable bonds is 5. The number of carbonyl (C=O) groups excluding carboxylic acids is 1. The Balaban J connectivity index is 2.31. The van der Waals surface area contributed by atoms with E-state index in [0.29, 0.717) is 18.8 Å². The molecule has 0 bridgehead atoms. The van der Waals surface area contributed by atoms with Crippen molar-refractivity contribution in [3.63, 3.8) is 0 Å². The zero-order chi connectivity index (χ0) is 12.0. The van der Waals surface area contributed by atoms with Gasteiger partial charge in [0.2, 0.25) is 5.91 Å². The second-order valence-corrected chi connectivity index (χ2v) is 4.28. The molecule has 1 aliphatic heterocycles. The number of carbonyl (C=O) groups is 2. The minimum absolute atomic E-state index is 0.150. The number of carboxylic acid groups (broad SMARTS) is 1. The van der Waals surface area contributed by atoms with E-state index < -0.39 is 12.0 Å². The molecule has 0 radical (unpaired) electrons. The van der Waals surface area contributed by atoms with Crippen LogP contribution in [0.4, 0.5) is 0 Å². The molecule has 0 spiro atoms. The lowest BCUT2D eigenvalue weighted by Crippen LogP contribution is -2.42. The monoisotopic (exact) mass is 228 g/mol. The molecule has 1 saturated heterocycles. The van der Waals surface area contributed by atoms with Gasteiger partial charge >= 0.3 is 5.97 Å². The molecule has 5 nitrogen and oxygen atoms in total. The second kappa shape index (κ2) is 6.48. The molecular formula is C11H20N2O3. The first-order chi connectivity index (χ1) is 7.63. The highest BCUT2D eigenvalue weighted by atomic mass is 16.4. The summed E-state index contributed by atoms with van der Waals surface area (Å²) in [6, 6.07) is -0.746. The van der Waals surface area contributed by atoms with Gasteiger partial charge in [0.05, 0.1) is 0 Å². The van der Waals surface area contributed by atoms with Crippen LogP contribution in [0.2, 0.25) is 0 Å². The Kier molecular flexibility index (Phi) is 5.25. The summed E-state index contributed by atoms with van der Waals surface area (Å²) in [5, 5.41) is 14.6. The van der Waals surface area contributed by atoms with Gasteiger partial charge in [-0.2, -0.15) is 0 Å². The highest BCUT2D eigenvalue weighted by Gasteiger charge is 2.21. The van der Waals surface area contributed by atoms with Crippen LogP contribution in [0.25, 0.3) is 0 Å². The van der Waals surface area contributed by atoms with Crippen molar-refractivity contribution in [2.45, 2.75) is 38.6 Å². The van der Waals surface area contributed by atoms with E-state index in [9.17, 15) is 9.59 Å². The Morgan fingerprint density at radius 3 is 2.81 bits per heavy atom. The first-order valence-corrected chi connectivity index (χ1v) is 5.86. The van der Waals surface area contributed by atoms with Crippen LogP contribution in [0.15, 0.2) is 0 Å². The SMILES string of the molecule is CCC(NC(=O)CC1CCCNC1)C(=O)O. The molecule has 1 aliphatic rings. The van der Waals surface area contributed by atoms with Gasteiger partial charge in [0.25, 0.3) is 0 Å². The van der Waals surface area contributed by atoms with Crippen molar-refractivity contribution in [1.82, 2.24) is 10.6 Å². The Morgan fingerprint density at radius 1 is 1.56 bits per heavy atom. The Hall–Kier alpha value is -1.10. The van der Waals surface area contributed by atoms with Crippen molar-refractivity contribution in [1.29, 1.82) is 0 Å².